The van der Waals surface area contributed by atoms with Crippen LogP contribution in [0, 0.1) is 0 Å². The molecule has 8 nitrogen and oxygen atoms in total. The number of carbonyl (C=O) groups is 2. The number of hydrogen-bond donors (Lipinski definition) is 2. The molecule has 3 rings (SSSR count). The lowest BCUT2D eigenvalue weighted by Crippen LogP contribution is -2.53. The van der Waals surface area contributed by atoms with Gasteiger partial charge in [0, 0.05) is 12.5 Å². The smallest absolute Gasteiger partial charge is 0.435 e. The highest BCUT2D eigenvalue weighted by molar-refractivity contribution is 5.76. The zero-order chi connectivity index (χ0) is 22.3. The summed E-state index contributed by atoms with van der Waals surface area (Å²) in [4.78, 5) is 26.8. The minimum Gasteiger partial charge on any atom is -0.435 e. The Morgan fingerprint density at radius 1 is 1.06 bits per heavy atom. The monoisotopic (exact) mass is 426 g/mol. The third-order valence-corrected chi connectivity index (χ3v) is 4.93. The molecule has 2 amide bonds. The molecule has 0 bridgehead atoms. The van der Waals surface area contributed by atoms with Crippen LogP contribution in [0.15, 0.2) is 72.6 Å². The number of nitrogens with zero attached hydrogens (tertiary/aromatic N) is 2. The zero-order valence-corrected chi connectivity index (χ0v) is 17.5. The van der Waals surface area contributed by atoms with Gasteiger partial charge in [-0.3, -0.25) is 4.90 Å². The minimum absolute atomic E-state index is 0.00603. The van der Waals surface area contributed by atoms with Gasteiger partial charge < -0.3 is 20.3 Å². The van der Waals surface area contributed by atoms with Crippen LogP contribution in [0.2, 0.25) is 0 Å². The van der Waals surface area contributed by atoms with Crippen LogP contribution in [0.3, 0.4) is 0 Å². The molecule has 0 saturated heterocycles. The Hall–Kier alpha value is -3.20. The van der Waals surface area contributed by atoms with E-state index in [2.05, 4.69) is 0 Å². The first-order chi connectivity index (χ1) is 14.9. The average Bonchev–Trinajstić information content (AvgIpc) is 3.12. The molecule has 2 atom stereocenters. The fourth-order valence-corrected chi connectivity index (χ4v) is 3.36. The number of benzene rings is 2. The normalized spacial score (nSPS) is 19.0. The molecule has 0 radical (unpaired) electrons. The number of rotatable bonds is 8. The summed E-state index contributed by atoms with van der Waals surface area (Å²) in [5.74, 6) is 0. The Labute approximate surface area is 181 Å². The van der Waals surface area contributed by atoms with Crippen LogP contribution in [0.25, 0.3) is 0 Å². The summed E-state index contributed by atoms with van der Waals surface area (Å²) in [7, 11) is 0. The van der Waals surface area contributed by atoms with E-state index in [0.29, 0.717) is 18.7 Å². The highest BCUT2D eigenvalue weighted by atomic mass is 16.6. The van der Waals surface area contributed by atoms with E-state index < -0.39 is 16.7 Å². The Morgan fingerprint density at radius 2 is 1.65 bits per heavy atom. The molecule has 1 heterocycles. The highest BCUT2D eigenvalue weighted by Gasteiger charge is 2.52. The molecular weight excluding hydrogens is 398 g/mol. The summed E-state index contributed by atoms with van der Waals surface area (Å²) < 4.78 is 10.2. The lowest BCUT2D eigenvalue weighted by atomic mass is 10.2. The average molecular weight is 426 g/mol. The number of carbonyl (C=O) groups excluding carboxylic acids is 1. The first-order valence-corrected chi connectivity index (χ1v) is 10.1. The highest BCUT2D eigenvalue weighted by Crippen LogP contribution is 2.29. The van der Waals surface area contributed by atoms with Crippen LogP contribution < -0.4 is 5.73 Å². The summed E-state index contributed by atoms with van der Waals surface area (Å²) in [6.07, 6.45) is -0.353. The number of hydrogen-bond acceptors (Lipinski definition) is 6. The fourth-order valence-electron chi connectivity index (χ4n) is 3.36. The van der Waals surface area contributed by atoms with Crippen LogP contribution in [0.1, 0.15) is 24.5 Å². The zero-order valence-electron chi connectivity index (χ0n) is 17.5. The lowest BCUT2D eigenvalue weighted by molar-refractivity contribution is -0.734. The predicted octanol–water partition coefficient (Wildman–Crippen LogP) is 3.84. The molecule has 0 fully saturated rings. The maximum atomic E-state index is 12.9. The molecule has 0 aliphatic carbocycles. The number of carboxylic acid groups (broad SMARTS) is 1. The second-order valence-corrected chi connectivity index (χ2v) is 7.64. The Bertz CT molecular complexity index is 917. The number of nitrogens with two attached hydrogens (primary N) is 1. The molecular formula is C23H28N3O5+. The molecule has 164 valence electrons. The van der Waals surface area contributed by atoms with Gasteiger partial charge in [-0.2, -0.15) is 9.59 Å². The van der Waals surface area contributed by atoms with Crippen molar-refractivity contribution in [2.24, 2.45) is 5.73 Å². The lowest BCUT2D eigenvalue weighted by Gasteiger charge is -2.25. The van der Waals surface area contributed by atoms with Crippen LogP contribution >= 0.6 is 0 Å². The maximum absolute atomic E-state index is 12.9. The quantitative estimate of drug-likeness (QED) is 0.618. The van der Waals surface area contributed by atoms with E-state index in [4.69, 9.17) is 15.2 Å². The maximum Gasteiger partial charge on any atom is 0.533 e. The van der Waals surface area contributed by atoms with Gasteiger partial charge in [-0.05, 0) is 18.1 Å². The van der Waals surface area contributed by atoms with Crippen molar-refractivity contribution in [3.05, 3.63) is 83.7 Å². The van der Waals surface area contributed by atoms with Gasteiger partial charge in [0.2, 0.25) is 0 Å². The first-order valence-electron chi connectivity index (χ1n) is 10.1. The molecule has 0 saturated carbocycles. The van der Waals surface area contributed by atoms with Gasteiger partial charge in [0.05, 0.1) is 12.3 Å². The molecule has 0 aromatic heterocycles. The summed E-state index contributed by atoms with van der Waals surface area (Å²) >= 11 is 0. The van der Waals surface area contributed by atoms with Crippen molar-refractivity contribution in [3.63, 3.8) is 0 Å². The Kier molecular flexibility index (Phi) is 7.41. The van der Waals surface area contributed by atoms with Gasteiger partial charge in [-0.1, -0.05) is 65.1 Å². The van der Waals surface area contributed by atoms with Gasteiger partial charge in [-0.15, -0.1) is 0 Å². The molecule has 2 aromatic carbocycles. The van der Waals surface area contributed by atoms with Crippen molar-refractivity contribution in [1.29, 1.82) is 0 Å². The van der Waals surface area contributed by atoms with E-state index in [1.54, 1.807) is 4.90 Å². The van der Waals surface area contributed by atoms with Gasteiger partial charge in [0.15, 0.2) is 6.67 Å². The van der Waals surface area contributed by atoms with Gasteiger partial charge >= 0.3 is 12.2 Å². The molecule has 2 aromatic rings. The third kappa shape index (κ3) is 5.69. The van der Waals surface area contributed by atoms with Crippen molar-refractivity contribution >= 4 is 12.2 Å². The van der Waals surface area contributed by atoms with Crippen LogP contribution in [0.5, 0.6) is 0 Å². The number of ether oxygens (including phenoxy) is 2. The van der Waals surface area contributed by atoms with Crippen LogP contribution in [-0.2, 0) is 22.7 Å². The minimum atomic E-state index is -1.31. The second kappa shape index (κ2) is 10.2. The predicted molar refractivity (Wildman–Crippen MR) is 114 cm³/mol. The van der Waals surface area contributed by atoms with Crippen molar-refractivity contribution in [2.75, 3.05) is 13.4 Å². The van der Waals surface area contributed by atoms with Gasteiger partial charge in [0.25, 0.3) is 0 Å². The van der Waals surface area contributed by atoms with Crippen LogP contribution in [-0.4, -0.2) is 46.1 Å². The van der Waals surface area contributed by atoms with E-state index >= 15 is 0 Å². The number of amides is 2. The first kappa shape index (κ1) is 22.5. The number of quaternary nitrogens is 1. The summed E-state index contributed by atoms with van der Waals surface area (Å²) in [5, 5.41) is 9.93. The SMILES string of the molecule is C[C@@H](N)CC1=C[N+](C(=O)O)(C(=O)OCc2ccccc2)CN1COCc1ccccc1. The number of imide groups is 1. The molecule has 31 heavy (non-hydrogen) atoms. The summed E-state index contributed by atoms with van der Waals surface area (Å²) in [5.41, 5.74) is 8.37. The van der Waals surface area contributed by atoms with Gasteiger partial charge in [0.1, 0.15) is 19.5 Å². The van der Waals surface area contributed by atoms with E-state index in [1.807, 2.05) is 67.6 Å². The molecule has 1 aliphatic rings. The standard InChI is InChI=1S/C23H27N3O5/c1-18(24)12-21-13-26(22(27)28,23(29)31-15-20-10-6-3-7-11-20)16-25(21)17-30-14-19-8-4-2-5-9-19/h2-11,13,18H,12,14-17,24H2,1H3/p+1/t18-,26?/m1/s1. The van der Waals surface area contributed by atoms with E-state index in [9.17, 15) is 14.7 Å². The van der Waals surface area contributed by atoms with E-state index in [0.717, 1.165) is 11.1 Å². The van der Waals surface area contributed by atoms with Crippen molar-refractivity contribution in [2.45, 2.75) is 32.6 Å². The Morgan fingerprint density at radius 3 is 2.19 bits per heavy atom. The fraction of sp³-hybridized carbons (Fsp3) is 0.304. The van der Waals surface area contributed by atoms with Crippen molar-refractivity contribution in [3.8, 4) is 0 Å². The topological polar surface area (TPSA) is 102 Å². The van der Waals surface area contributed by atoms with Crippen molar-refractivity contribution in [1.82, 2.24) is 4.90 Å². The van der Waals surface area contributed by atoms with Crippen molar-refractivity contribution < 1.29 is 28.7 Å². The molecule has 0 spiro atoms. The third-order valence-electron chi connectivity index (χ3n) is 4.93. The van der Waals surface area contributed by atoms with Crippen LogP contribution in [0.4, 0.5) is 9.59 Å². The summed E-state index contributed by atoms with van der Waals surface area (Å²) in [6.45, 7) is 2.19. The molecule has 1 aliphatic heterocycles. The second-order valence-electron chi connectivity index (χ2n) is 7.64. The van der Waals surface area contributed by atoms with E-state index in [1.165, 1.54) is 6.20 Å². The molecule has 8 heteroatoms. The Balaban J connectivity index is 1.72. The summed E-state index contributed by atoms with van der Waals surface area (Å²) in [6, 6.07) is 18.6. The van der Waals surface area contributed by atoms with Gasteiger partial charge in [-0.25, -0.2) is 0 Å². The van der Waals surface area contributed by atoms with E-state index in [-0.39, 0.29) is 26.0 Å². The molecule has 3 N–H and O–H groups in total. The largest absolute Gasteiger partial charge is 0.533 e. The molecule has 1 unspecified atom stereocenters.